The summed E-state index contributed by atoms with van der Waals surface area (Å²) < 4.78 is 17.0. The third kappa shape index (κ3) is 3.87. The van der Waals surface area contributed by atoms with Crippen molar-refractivity contribution in [3.63, 3.8) is 0 Å². The van der Waals surface area contributed by atoms with Crippen LogP contribution in [0, 0.1) is 17.8 Å². The number of carbonyl (C=O) groups excluding carboxylic acids is 1. The molecule has 4 fully saturated rings. The second-order valence-corrected chi connectivity index (χ2v) is 9.11. The van der Waals surface area contributed by atoms with Gasteiger partial charge < -0.3 is 19.2 Å². The zero-order valence-electron chi connectivity index (χ0n) is 17.0. The van der Waals surface area contributed by atoms with Crippen molar-refractivity contribution in [3.05, 3.63) is 47.9 Å². The zero-order chi connectivity index (χ0) is 19.8. The molecule has 1 aromatic heterocycles. The molecule has 4 bridgehead atoms. The van der Waals surface area contributed by atoms with Gasteiger partial charge in [0, 0.05) is 5.54 Å². The number of ether oxygens (including phenoxy) is 2. The summed E-state index contributed by atoms with van der Waals surface area (Å²) in [5.41, 5.74) is -0.00239. The van der Waals surface area contributed by atoms with Gasteiger partial charge in [0.05, 0.1) is 6.61 Å². The first-order chi connectivity index (χ1) is 14.1. The molecule has 0 atom stereocenters. The van der Waals surface area contributed by atoms with Gasteiger partial charge in [0.15, 0.2) is 5.76 Å². The summed E-state index contributed by atoms with van der Waals surface area (Å²) in [5.74, 6) is 4.91. The lowest BCUT2D eigenvalue weighted by Gasteiger charge is -2.56. The van der Waals surface area contributed by atoms with Gasteiger partial charge in [-0.05, 0) is 99.6 Å². The molecule has 0 aliphatic heterocycles. The van der Waals surface area contributed by atoms with Crippen LogP contribution in [0.25, 0.3) is 0 Å². The van der Waals surface area contributed by atoms with Gasteiger partial charge in [0.25, 0.3) is 5.91 Å². The summed E-state index contributed by atoms with van der Waals surface area (Å²) in [7, 11) is 0. The van der Waals surface area contributed by atoms with Crippen LogP contribution >= 0.6 is 0 Å². The Hall–Kier alpha value is -2.43. The number of benzene rings is 1. The Bertz CT molecular complexity index is 834. The normalized spacial score (nSPS) is 29.6. The van der Waals surface area contributed by atoms with Crippen molar-refractivity contribution in [3.8, 4) is 11.5 Å². The average molecular weight is 395 g/mol. The summed E-state index contributed by atoms with van der Waals surface area (Å²) in [6.45, 7) is 2.89. The van der Waals surface area contributed by atoms with Gasteiger partial charge >= 0.3 is 0 Å². The number of hydrogen-bond donors (Lipinski definition) is 1. The van der Waals surface area contributed by atoms with Crippen molar-refractivity contribution in [1.29, 1.82) is 0 Å². The Morgan fingerprint density at radius 1 is 0.966 bits per heavy atom. The Morgan fingerprint density at radius 2 is 1.55 bits per heavy atom. The SMILES string of the molecule is CCOc1ccc(OCc2ccc(C(=O)NC34CC5CC(CC(C5)C3)C4)o2)cc1. The van der Waals surface area contributed by atoms with Crippen LogP contribution in [0.2, 0.25) is 0 Å². The van der Waals surface area contributed by atoms with Crippen LogP contribution in [0.5, 0.6) is 11.5 Å². The van der Waals surface area contributed by atoms with E-state index in [0.29, 0.717) is 24.7 Å². The fourth-order valence-corrected chi connectivity index (χ4v) is 6.10. The Kier molecular flexibility index (Phi) is 4.76. The highest BCUT2D eigenvalue weighted by Crippen LogP contribution is 2.55. The highest BCUT2D eigenvalue weighted by molar-refractivity contribution is 5.92. The van der Waals surface area contributed by atoms with E-state index in [0.717, 1.165) is 48.5 Å². The maximum Gasteiger partial charge on any atom is 0.287 e. The molecule has 4 aliphatic rings. The number of amides is 1. The number of carbonyl (C=O) groups is 1. The Morgan fingerprint density at radius 3 is 2.14 bits per heavy atom. The molecule has 0 saturated heterocycles. The standard InChI is InChI=1S/C24H29NO4/c1-2-27-19-3-5-20(6-4-19)28-15-21-7-8-22(29-21)23(26)25-24-12-16-9-17(13-24)11-18(10-16)14-24/h3-8,16-18H,2,9-15H2,1H3,(H,25,26). The molecule has 1 amide bonds. The van der Waals surface area contributed by atoms with Crippen LogP contribution in [0.1, 0.15) is 61.8 Å². The molecule has 5 heteroatoms. The topological polar surface area (TPSA) is 60.7 Å². The molecular weight excluding hydrogens is 366 g/mol. The van der Waals surface area contributed by atoms with E-state index in [2.05, 4.69) is 5.32 Å². The predicted octanol–water partition coefficient (Wildman–Crippen LogP) is 4.96. The van der Waals surface area contributed by atoms with Crippen LogP contribution < -0.4 is 14.8 Å². The average Bonchev–Trinajstić information content (AvgIpc) is 3.16. The van der Waals surface area contributed by atoms with Crippen LogP contribution in [-0.2, 0) is 6.61 Å². The van der Waals surface area contributed by atoms with Gasteiger partial charge in [-0.15, -0.1) is 0 Å². The molecule has 1 heterocycles. The van der Waals surface area contributed by atoms with E-state index in [-0.39, 0.29) is 11.4 Å². The van der Waals surface area contributed by atoms with Gasteiger partial charge in [0.2, 0.25) is 0 Å². The highest BCUT2D eigenvalue weighted by Gasteiger charge is 2.51. The monoisotopic (exact) mass is 395 g/mol. The van der Waals surface area contributed by atoms with Gasteiger partial charge in [0.1, 0.15) is 23.9 Å². The van der Waals surface area contributed by atoms with Gasteiger partial charge in [-0.2, -0.15) is 0 Å². The number of hydrogen-bond acceptors (Lipinski definition) is 4. The van der Waals surface area contributed by atoms with Crippen molar-refractivity contribution in [2.24, 2.45) is 17.8 Å². The molecule has 2 aromatic rings. The molecule has 154 valence electrons. The van der Waals surface area contributed by atoms with Gasteiger partial charge in [-0.1, -0.05) is 0 Å². The van der Waals surface area contributed by atoms with Crippen molar-refractivity contribution in [2.75, 3.05) is 6.61 Å². The first-order valence-electron chi connectivity index (χ1n) is 10.9. The quantitative estimate of drug-likeness (QED) is 0.720. The van der Waals surface area contributed by atoms with Crippen molar-refractivity contribution < 1.29 is 18.7 Å². The van der Waals surface area contributed by atoms with Crippen molar-refractivity contribution >= 4 is 5.91 Å². The summed E-state index contributed by atoms with van der Waals surface area (Å²) in [5, 5.41) is 3.36. The third-order valence-electron chi connectivity index (χ3n) is 6.82. The smallest absolute Gasteiger partial charge is 0.287 e. The van der Waals surface area contributed by atoms with E-state index >= 15 is 0 Å². The molecule has 4 aliphatic carbocycles. The van der Waals surface area contributed by atoms with Crippen LogP contribution in [0.4, 0.5) is 0 Å². The second-order valence-electron chi connectivity index (χ2n) is 9.11. The van der Waals surface area contributed by atoms with Gasteiger partial charge in [-0.3, -0.25) is 4.79 Å². The highest BCUT2D eigenvalue weighted by atomic mass is 16.5. The Balaban J connectivity index is 1.18. The molecular formula is C24H29NO4. The lowest BCUT2D eigenvalue weighted by molar-refractivity contribution is -0.0171. The molecule has 1 aromatic carbocycles. The van der Waals surface area contributed by atoms with E-state index < -0.39 is 0 Å². The molecule has 0 unspecified atom stereocenters. The third-order valence-corrected chi connectivity index (χ3v) is 6.82. The van der Waals surface area contributed by atoms with E-state index in [1.54, 1.807) is 6.07 Å². The molecule has 0 radical (unpaired) electrons. The first kappa shape index (κ1) is 18.6. The first-order valence-corrected chi connectivity index (χ1v) is 10.9. The van der Waals surface area contributed by atoms with Crippen LogP contribution in [0.15, 0.2) is 40.8 Å². The zero-order valence-corrected chi connectivity index (χ0v) is 17.0. The van der Waals surface area contributed by atoms with Crippen LogP contribution in [-0.4, -0.2) is 18.1 Å². The molecule has 0 spiro atoms. The number of rotatable bonds is 7. The molecule has 6 rings (SSSR count). The van der Waals surface area contributed by atoms with Crippen molar-refractivity contribution in [1.82, 2.24) is 5.32 Å². The maximum atomic E-state index is 12.9. The molecule has 5 nitrogen and oxygen atoms in total. The minimum atomic E-state index is -0.0840. The number of furan rings is 1. The summed E-state index contributed by atoms with van der Waals surface area (Å²) >= 11 is 0. The number of nitrogens with one attached hydrogen (secondary N) is 1. The molecule has 29 heavy (non-hydrogen) atoms. The largest absolute Gasteiger partial charge is 0.494 e. The van der Waals surface area contributed by atoms with E-state index in [1.807, 2.05) is 37.3 Å². The Labute approximate surface area is 171 Å². The minimum absolute atomic E-state index is 0.00239. The maximum absolute atomic E-state index is 12.9. The summed E-state index contributed by atoms with van der Waals surface area (Å²) in [6.07, 6.45) is 7.51. The van der Waals surface area contributed by atoms with Crippen LogP contribution in [0.3, 0.4) is 0 Å². The predicted molar refractivity (Wildman–Crippen MR) is 109 cm³/mol. The minimum Gasteiger partial charge on any atom is -0.494 e. The molecule has 4 saturated carbocycles. The van der Waals surface area contributed by atoms with E-state index in [1.165, 1.54) is 19.3 Å². The second kappa shape index (κ2) is 7.43. The lowest BCUT2D eigenvalue weighted by atomic mass is 9.53. The van der Waals surface area contributed by atoms with E-state index in [4.69, 9.17) is 13.9 Å². The van der Waals surface area contributed by atoms with Gasteiger partial charge in [-0.25, -0.2) is 0 Å². The molecule has 1 N–H and O–H groups in total. The summed E-state index contributed by atoms with van der Waals surface area (Å²) in [6, 6.07) is 11.1. The fraction of sp³-hybridized carbons (Fsp3) is 0.542. The fourth-order valence-electron chi connectivity index (χ4n) is 6.10. The summed E-state index contributed by atoms with van der Waals surface area (Å²) in [4.78, 5) is 12.9. The van der Waals surface area contributed by atoms with E-state index in [9.17, 15) is 4.79 Å². The lowest BCUT2D eigenvalue weighted by Crippen LogP contribution is -2.59. The van der Waals surface area contributed by atoms with Crippen molar-refractivity contribution in [2.45, 2.75) is 57.6 Å².